The molecule has 0 amide bonds. The van der Waals surface area contributed by atoms with Crippen LogP contribution in [0.25, 0.3) is 0 Å². The van der Waals surface area contributed by atoms with Crippen LogP contribution < -0.4 is 10.5 Å². The molecule has 0 aromatic heterocycles. The van der Waals surface area contributed by atoms with E-state index in [-0.39, 0.29) is 12.0 Å². The van der Waals surface area contributed by atoms with E-state index in [1.165, 1.54) is 0 Å². The predicted octanol–water partition coefficient (Wildman–Crippen LogP) is 1.71. The second-order valence-corrected chi connectivity index (χ2v) is 7.19. The van der Waals surface area contributed by atoms with Gasteiger partial charge in [-0.1, -0.05) is 12.5 Å². The number of nitrogens with two attached hydrogens (primary N) is 1. The summed E-state index contributed by atoms with van der Waals surface area (Å²) in [6.45, 7) is 4.36. The number of rotatable bonds is 4. The van der Waals surface area contributed by atoms with Gasteiger partial charge >= 0.3 is 0 Å². The van der Waals surface area contributed by atoms with Gasteiger partial charge in [0.2, 0.25) is 10.0 Å². The summed E-state index contributed by atoms with van der Waals surface area (Å²) in [7, 11) is -3.44. The first-order valence-corrected chi connectivity index (χ1v) is 8.21. The van der Waals surface area contributed by atoms with Crippen LogP contribution in [0, 0.1) is 19.8 Å². The lowest BCUT2D eigenvalue weighted by Crippen LogP contribution is -2.39. The summed E-state index contributed by atoms with van der Waals surface area (Å²) in [4.78, 5) is 0.354. The molecule has 2 atom stereocenters. The molecule has 3 N–H and O–H groups in total. The quantitative estimate of drug-likeness (QED) is 0.883. The van der Waals surface area contributed by atoms with Gasteiger partial charge in [-0.3, -0.25) is 0 Å². The van der Waals surface area contributed by atoms with Gasteiger partial charge < -0.3 is 5.73 Å². The first-order valence-electron chi connectivity index (χ1n) is 6.73. The van der Waals surface area contributed by atoms with Crippen LogP contribution >= 0.6 is 0 Å². The summed E-state index contributed by atoms with van der Waals surface area (Å²) in [6, 6.07) is 5.37. The van der Waals surface area contributed by atoms with Crippen LogP contribution in [-0.4, -0.2) is 21.0 Å². The van der Waals surface area contributed by atoms with Crippen molar-refractivity contribution in [2.45, 2.75) is 44.0 Å². The van der Waals surface area contributed by atoms with E-state index < -0.39 is 10.0 Å². The molecule has 4 nitrogen and oxygen atoms in total. The van der Waals surface area contributed by atoms with Gasteiger partial charge in [0.05, 0.1) is 4.90 Å². The van der Waals surface area contributed by atoms with Crippen LogP contribution in [-0.2, 0) is 10.0 Å². The number of hydrogen-bond donors (Lipinski definition) is 2. The van der Waals surface area contributed by atoms with Crippen LogP contribution in [0.1, 0.15) is 30.4 Å². The van der Waals surface area contributed by atoms with Crippen molar-refractivity contribution in [1.29, 1.82) is 0 Å². The molecule has 0 spiro atoms. The summed E-state index contributed by atoms with van der Waals surface area (Å²) in [6.07, 6.45) is 2.93. The molecule has 1 aliphatic carbocycles. The molecule has 0 heterocycles. The molecule has 2 rings (SSSR count). The third-order valence-corrected chi connectivity index (χ3v) is 5.24. The third-order valence-electron chi connectivity index (χ3n) is 3.77. The normalized spacial score (nSPS) is 23.7. The molecule has 1 saturated carbocycles. The molecular weight excluding hydrogens is 260 g/mol. The van der Waals surface area contributed by atoms with E-state index in [1.807, 2.05) is 19.9 Å². The molecule has 106 valence electrons. The van der Waals surface area contributed by atoms with Gasteiger partial charge in [0.1, 0.15) is 0 Å². The lowest BCUT2D eigenvalue weighted by Gasteiger charge is -2.19. The second-order valence-electron chi connectivity index (χ2n) is 5.48. The Morgan fingerprint density at radius 3 is 2.42 bits per heavy atom. The van der Waals surface area contributed by atoms with Gasteiger partial charge in [-0.15, -0.1) is 0 Å². The molecule has 0 aliphatic heterocycles. The summed E-state index contributed by atoms with van der Waals surface area (Å²) >= 11 is 0. The van der Waals surface area contributed by atoms with Crippen molar-refractivity contribution in [3.05, 3.63) is 29.3 Å². The van der Waals surface area contributed by atoms with Gasteiger partial charge in [-0.05, 0) is 62.4 Å². The fourth-order valence-corrected chi connectivity index (χ4v) is 4.36. The fraction of sp³-hybridized carbons (Fsp3) is 0.571. The van der Waals surface area contributed by atoms with E-state index in [2.05, 4.69) is 4.72 Å². The SMILES string of the molecule is Cc1cc(C)cc(S(=O)(=O)NC2CCCC2CN)c1. The smallest absolute Gasteiger partial charge is 0.240 e. The van der Waals surface area contributed by atoms with Crippen LogP contribution in [0.5, 0.6) is 0 Å². The van der Waals surface area contributed by atoms with Gasteiger partial charge in [-0.2, -0.15) is 0 Å². The molecule has 2 unspecified atom stereocenters. The van der Waals surface area contributed by atoms with E-state index in [0.29, 0.717) is 11.4 Å². The topological polar surface area (TPSA) is 72.2 Å². The van der Waals surface area contributed by atoms with Crippen LogP contribution in [0.3, 0.4) is 0 Å². The monoisotopic (exact) mass is 282 g/mol. The van der Waals surface area contributed by atoms with E-state index in [0.717, 1.165) is 30.4 Å². The molecule has 1 aromatic rings. The largest absolute Gasteiger partial charge is 0.330 e. The van der Waals surface area contributed by atoms with Crippen LogP contribution in [0.15, 0.2) is 23.1 Å². The summed E-state index contributed by atoms with van der Waals surface area (Å²) in [5.41, 5.74) is 7.62. The Hall–Kier alpha value is -0.910. The first-order chi connectivity index (χ1) is 8.92. The minimum absolute atomic E-state index is 0.0178. The van der Waals surface area contributed by atoms with Crippen molar-refractivity contribution in [1.82, 2.24) is 4.72 Å². The van der Waals surface area contributed by atoms with Crippen molar-refractivity contribution in [2.24, 2.45) is 11.7 Å². The highest BCUT2D eigenvalue weighted by molar-refractivity contribution is 7.89. The molecule has 0 bridgehead atoms. The molecular formula is C14H22N2O2S. The average molecular weight is 282 g/mol. The number of benzene rings is 1. The van der Waals surface area contributed by atoms with Crippen LogP contribution in [0.4, 0.5) is 0 Å². The maximum absolute atomic E-state index is 12.4. The number of nitrogens with one attached hydrogen (secondary N) is 1. The van der Waals surface area contributed by atoms with Crippen molar-refractivity contribution in [2.75, 3.05) is 6.54 Å². The second kappa shape index (κ2) is 5.61. The highest BCUT2D eigenvalue weighted by atomic mass is 32.2. The number of hydrogen-bond acceptors (Lipinski definition) is 3. The Bertz CT molecular complexity index is 534. The minimum Gasteiger partial charge on any atom is -0.330 e. The predicted molar refractivity (Wildman–Crippen MR) is 76.4 cm³/mol. The maximum atomic E-state index is 12.4. The Morgan fingerprint density at radius 2 is 1.84 bits per heavy atom. The van der Waals surface area contributed by atoms with E-state index in [1.54, 1.807) is 12.1 Å². The zero-order valence-corrected chi connectivity index (χ0v) is 12.3. The molecule has 1 fully saturated rings. The van der Waals surface area contributed by atoms with Crippen LogP contribution in [0.2, 0.25) is 0 Å². The Kier molecular flexibility index (Phi) is 4.28. The Morgan fingerprint density at radius 1 is 1.21 bits per heavy atom. The van der Waals surface area contributed by atoms with Gasteiger partial charge in [0.15, 0.2) is 0 Å². The number of sulfonamides is 1. The lowest BCUT2D eigenvalue weighted by molar-refractivity contribution is 0.453. The lowest BCUT2D eigenvalue weighted by atomic mass is 10.1. The van der Waals surface area contributed by atoms with E-state index in [9.17, 15) is 8.42 Å². The van der Waals surface area contributed by atoms with Gasteiger partial charge in [0, 0.05) is 6.04 Å². The summed E-state index contributed by atoms with van der Waals surface area (Å²) in [5.74, 6) is 0.265. The molecule has 1 aliphatic rings. The van der Waals surface area contributed by atoms with E-state index in [4.69, 9.17) is 5.73 Å². The van der Waals surface area contributed by atoms with E-state index >= 15 is 0 Å². The number of aryl methyl sites for hydroxylation is 2. The van der Waals surface area contributed by atoms with Gasteiger partial charge in [0.25, 0.3) is 0 Å². The first kappa shape index (κ1) is 14.5. The zero-order chi connectivity index (χ0) is 14.0. The van der Waals surface area contributed by atoms with Crippen molar-refractivity contribution in [3.63, 3.8) is 0 Å². The molecule has 0 saturated heterocycles. The third kappa shape index (κ3) is 3.35. The van der Waals surface area contributed by atoms with Crippen molar-refractivity contribution in [3.8, 4) is 0 Å². The standard InChI is InChI=1S/C14H22N2O2S/c1-10-6-11(2)8-13(7-10)19(17,18)16-14-5-3-4-12(14)9-15/h6-8,12,14,16H,3-5,9,15H2,1-2H3. The maximum Gasteiger partial charge on any atom is 0.240 e. The Balaban J connectivity index is 2.22. The highest BCUT2D eigenvalue weighted by Crippen LogP contribution is 2.26. The van der Waals surface area contributed by atoms with Gasteiger partial charge in [-0.25, -0.2) is 13.1 Å². The summed E-state index contributed by atoms with van der Waals surface area (Å²) in [5, 5.41) is 0. The van der Waals surface area contributed by atoms with Crippen molar-refractivity contribution >= 4 is 10.0 Å². The molecule has 19 heavy (non-hydrogen) atoms. The molecule has 1 aromatic carbocycles. The van der Waals surface area contributed by atoms with Crippen molar-refractivity contribution < 1.29 is 8.42 Å². The molecule has 5 heteroatoms. The zero-order valence-electron chi connectivity index (χ0n) is 11.5. The summed E-state index contributed by atoms with van der Waals surface area (Å²) < 4.78 is 27.6. The minimum atomic E-state index is -3.44. The highest BCUT2D eigenvalue weighted by Gasteiger charge is 2.30. The fourth-order valence-electron chi connectivity index (χ4n) is 2.83. The Labute approximate surface area is 115 Å². The average Bonchev–Trinajstić information content (AvgIpc) is 2.74. The molecule has 0 radical (unpaired) electrons.